The number of hydrogen-bond donors (Lipinski definition) is 2. The number of carbonyl (C=O) groups excluding carboxylic acids is 4. The number of nitrogens with one attached hydrogen (secondary N) is 2. The zero-order valence-corrected chi connectivity index (χ0v) is 15.5. The molecule has 1 saturated heterocycles. The van der Waals surface area contributed by atoms with Crippen LogP contribution in [0.25, 0.3) is 0 Å². The summed E-state index contributed by atoms with van der Waals surface area (Å²) in [6.45, 7) is 4.41. The van der Waals surface area contributed by atoms with E-state index in [1.165, 1.54) is 0 Å². The van der Waals surface area contributed by atoms with E-state index in [1.807, 2.05) is 6.92 Å². The first kappa shape index (κ1) is 19.7. The summed E-state index contributed by atoms with van der Waals surface area (Å²) >= 11 is 6.01. The van der Waals surface area contributed by atoms with Gasteiger partial charge in [0.05, 0.1) is 17.1 Å². The Morgan fingerprint density at radius 1 is 1.31 bits per heavy atom. The Bertz CT molecular complexity index is 763. The predicted molar refractivity (Wildman–Crippen MR) is 94.7 cm³/mol. The first-order valence-corrected chi connectivity index (χ1v) is 8.33. The molecule has 26 heavy (non-hydrogen) atoms. The van der Waals surface area contributed by atoms with Crippen LogP contribution < -0.4 is 10.6 Å². The first-order chi connectivity index (χ1) is 12.1. The number of amides is 4. The van der Waals surface area contributed by atoms with Gasteiger partial charge in [-0.25, -0.2) is 4.79 Å². The van der Waals surface area contributed by atoms with Crippen molar-refractivity contribution < 1.29 is 23.9 Å². The van der Waals surface area contributed by atoms with Crippen LogP contribution in [0.15, 0.2) is 18.2 Å². The van der Waals surface area contributed by atoms with Crippen molar-refractivity contribution in [3.8, 4) is 0 Å². The van der Waals surface area contributed by atoms with Gasteiger partial charge in [0, 0.05) is 6.54 Å². The lowest BCUT2D eigenvalue weighted by Gasteiger charge is -2.15. The summed E-state index contributed by atoms with van der Waals surface area (Å²) < 4.78 is 4.86. The van der Waals surface area contributed by atoms with Crippen LogP contribution in [0.2, 0.25) is 5.02 Å². The van der Waals surface area contributed by atoms with Gasteiger partial charge in [0.1, 0.15) is 5.54 Å². The number of anilines is 1. The van der Waals surface area contributed by atoms with Crippen molar-refractivity contribution in [3.63, 3.8) is 0 Å². The van der Waals surface area contributed by atoms with Gasteiger partial charge in [0.15, 0.2) is 6.61 Å². The standard InChI is InChI=1S/C17H20ClN3O5/c1-10-4-5-12(11(18)8-10)19-13(22)9-26-14(23)6-7-21-15(24)17(2,3)20-16(21)25/h4-5,8H,6-7,9H2,1-3H3,(H,19,22)(H,20,25). The molecule has 4 amide bonds. The van der Waals surface area contributed by atoms with E-state index in [4.69, 9.17) is 16.3 Å². The second-order valence-electron chi connectivity index (χ2n) is 6.45. The highest BCUT2D eigenvalue weighted by Gasteiger charge is 2.44. The number of hydrogen-bond acceptors (Lipinski definition) is 5. The second kappa shape index (κ2) is 7.74. The summed E-state index contributed by atoms with van der Waals surface area (Å²) in [5.74, 6) is -1.65. The molecule has 0 bridgehead atoms. The Balaban J connectivity index is 1.77. The predicted octanol–water partition coefficient (Wildman–Crippen LogP) is 1.85. The zero-order valence-electron chi connectivity index (χ0n) is 14.7. The maximum Gasteiger partial charge on any atom is 0.325 e. The van der Waals surface area contributed by atoms with Crippen LogP contribution in [-0.4, -0.2) is 47.4 Å². The summed E-state index contributed by atoms with van der Waals surface area (Å²) in [5.41, 5.74) is 0.372. The molecule has 1 aliphatic heterocycles. The fraction of sp³-hybridized carbons (Fsp3) is 0.412. The van der Waals surface area contributed by atoms with Crippen molar-refractivity contribution in [2.24, 2.45) is 0 Å². The molecule has 0 aliphatic carbocycles. The highest BCUT2D eigenvalue weighted by molar-refractivity contribution is 6.33. The molecule has 2 rings (SSSR count). The van der Waals surface area contributed by atoms with Gasteiger partial charge in [-0.2, -0.15) is 0 Å². The first-order valence-electron chi connectivity index (χ1n) is 7.96. The van der Waals surface area contributed by atoms with Crippen LogP contribution in [0.5, 0.6) is 0 Å². The Morgan fingerprint density at radius 2 is 2.00 bits per heavy atom. The molecule has 2 N–H and O–H groups in total. The van der Waals surface area contributed by atoms with Gasteiger partial charge in [-0.1, -0.05) is 17.7 Å². The summed E-state index contributed by atoms with van der Waals surface area (Å²) in [6, 6.07) is 4.58. The molecule has 0 spiro atoms. The number of nitrogens with zero attached hydrogens (tertiary/aromatic N) is 1. The van der Waals surface area contributed by atoms with Gasteiger partial charge in [-0.05, 0) is 38.5 Å². The van der Waals surface area contributed by atoms with E-state index in [0.717, 1.165) is 10.5 Å². The Morgan fingerprint density at radius 3 is 2.58 bits per heavy atom. The molecule has 1 heterocycles. The lowest BCUT2D eigenvalue weighted by Crippen LogP contribution is -2.40. The van der Waals surface area contributed by atoms with Crippen LogP contribution in [0, 0.1) is 6.92 Å². The molecule has 0 unspecified atom stereocenters. The molecule has 1 aromatic carbocycles. The van der Waals surface area contributed by atoms with Crippen molar-refractivity contribution in [2.75, 3.05) is 18.5 Å². The molecule has 0 aromatic heterocycles. The van der Waals surface area contributed by atoms with E-state index in [-0.39, 0.29) is 13.0 Å². The number of ether oxygens (including phenoxy) is 1. The van der Waals surface area contributed by atoms with Crippen LogP contribution in [0.4, 0.5) is 10.5 Å². The average molecular weight is 382 g/mol. The monoisotopic (exact) mass is 381 g/mol. The molecular weight excluding hydrogens is 362 g/mol. The molecule has 1 aromatic rings. The summed E-state index contributed by atoms with van der Waals surface area (Å²) in [6.07, 6.45) is -0.201. The third kappa shape index (κ3) is 4.72. The van der Waals surface area contributed by atoms with E-state index < -0.39 is 36.0 Å². The molecule has 9 heteroatoms. The van der Waals surface area contributed by atoms with Crippen LogP contribution >= 0.6 is 11.6 Å². The molecule has 0 radical (unpaired) electrons. The van der Waals surface area contributed by atoms with Crippen molar-refractivity contribution in [1.29, 1.82) is 0 Å². The van der Waals surface area contributed by atoms with E-state index in [1.54, 1.807) is 32.0 Å². The van der Waals surface area contributed by atoms with Gasteiger partial charge in [0.2, 0.25) is 0 Å². The van der Waals surface area contributed by atoms with E-state index in [2.05, 4.69) is 10.6 Å². The highest BCUT2D eigenvalue weighted by Crippen LogP contribution is 2.22. The van der Waals surface area contributed by atoms with Crippen molar-refractivity contribution >= 4 is 41.1 Å². The number of halogens is 1. The molecule has 1 aliphatic rings. The minimum Gasteiger partial charge on any atom is -0.456 e. The van der Waals surface area contributed by atoms with E-state index in [0.29, 0.717) is 10.7 Å². The smallest absolute Gasteiger partial charge is 0.325 e. The van der Waals surface area contributed by atoms with Crippen molar-refractivity contribution in [3.05, 3.63) is 28.8 Å². The van der Waals surface area contributed by atoms with Crippen LogP contribution in [-0.2, 0) is 19.1 Å². The fourth-order valence-corrected chi connectivity index (χ4v) is 2.63. The number of imide groups is 1. The van der Waals surface area contributed by atoms with Crippen LogP contribution in [0.3, 0.4) is 0 Å². The minimum absolute atomic E-state index is 0.113. The Hall–Kier alpha value is -2.61. The summed E-state index contributed by atoms with van der Waals surface area (Å²) in [4.78, 5) is 48.2. The summed E-state index contributed by atoms with van der Waals surface area (Å²) in [5, 5.41) is 5.43. The number of rotatable bonds is 6. The third-order valence-electron chi connectivity index (χ3n) is 3.75. The lowest BCUT2D eigenvalue weighted by molar-refractivity contribution is -0.147. The highest BCUT2D eigenvalue weighted by atomic mass is 35.5. The Labute approximate surface area is 155 Å². The average Bonchev–Trinajstić information content (AvgIpc) is 2.74. The van der Waals surface area contributed by atoms with Gasteiger partial charge in [0.25, 0.3) is 11.8 Å². The number of esters is 1. The number of aryl methyl sites for hydroxylation is 1. The van der Waals surface area contributed by atoms with Gasteiger partial charge >= 0.3 is 12.0 Å². The Kier molecular flexibility index (Phi) is 5.86. The third-order valence-corrected chi connectivity index (χ3v) is 4.06. The maximum atomic E-state index is 12.0. The number of carbonyl (C=O) groups is 4. The number of urea groups is 1. The van der Waals surface area contributed by atoms with Crippen molar-refractivity contribution in [1.82, 2.24) is 10.2 Å². The molecule has 0 atom stereocenters. The fourth-order valence-electron chi connectivity index (χ4n) is 2.35. The van der Waals surface area contributed by atoms with Gasteiger partial charge in [-0.15, -0.1) is 0 Å². The summed E-state index contributed by atoms with van der Waals surface area (Å²) in [7, 11) is 0. The molecular formula is C17H20ClN3O5. The second-order valence-corrected chi connectivity index (χ2v) is 6.86. The maximum absolute atomic E-state index is 12.0. The topological polar surface area (TPSA) is 105 Å². The van der Waals surface area contributed by atoms with Crippen LogP contribution in [0.1, 0.15) is 25.8 Å². The van der Waals surface area contributed by atoms with E-state index >= 15 is 0 Å². The largest absolute Gasteiger partial charge is 0.456 e. The normalized spacial score (nSPS) is 15.6. The van der Waals surface area contributed by atoms with Gasteiger partial charge < -0.3 is 15.4 Å². The molecule has 1 fully saturated rings. The van der Waals surface area contributed by atoms with Crippen molar-refractivity contribution in [2.45, 2.75) is 32.7 Å². The molecule has 0 saturated carbocycles. The van der Waals surface area contributed by atoms with E-state index in [9.17, 15) is 19.2 Å². The molecule has 140 valence electrons. The molecule has 8 nitrogen and oxygen atoms in total. The minimum atomic E-state index is -0.992. The lowest BCUT2D eigenvalue weighted by atomic mass is 10.1. The SMILES string of the molecule is Cc1ccc(NC(=O)COC(=O)CCN2C(=O)NC(C)(C)C2=O)c(Cl)c1. The number of benzene rings is 1. The quantitative estimate of drug-likeness (QED) is 0.578. The van der Waals surface area contributed by atoms with Gasteiger partial charge in [-0.3, -0.25) is 19.3 Å². The zero-order chi connectivity index (χ0) is 19.5.